The van der Waals surface area contributed by atoms with Crippen LogP contribution in [0.4, 0.5) is 0 Å². The molecule has 1 aliphatic rings. The van der Waals surface area contributed by atoms with Gasteiger partial charge in [0.25, 0.3) is 0 Å². The third-order valence-corrected chi connectivity index (χ3v) is 2.66. The molecule has 0 atom stereocenters. The predicted molar refractivity (Wildman–Crippen MR) is 53.1 cm³/mol. The van der Waals surface area contributed by atoms with Crippen molar-refractivity contribution >= 4 is 0 Å². The van der Waals surface area contributed by atoms with Crippen molar-refractivity contribution in [1.29, 1.82) is 0 Å². The zero-order valence-electron chi connectivity index (χ0n) is 8.18. The summed E-state index contributed by atoms with van der Waals surface area (Å²) in [7, 11) is 0. The highest BCUT2D eigenvalue weighted by atomic mass is 16.5. The van der Waals surface area contributed by atoms with Crippen molar-refractivity contribution < 1.29 is 4.74 Å². The standard InChI is InChI=1S/C11H15NO/c1-8-3-4-11-10(9(8)2)7-12-5-6-13-11/h3-4,12H,5-7H2,1-2H3. The van der Waals surface area contributed by atoms with E-state index in [2.05, 4.69) is 31.3 Å². The van der Waals surface area contributed by atoms with E-state index < -0.39 is 0 Å². The Kier molecular flexibility index (Phi) is 2.23. The first-order chi connectivity index (χ1) is 6.29. The lowest BCUT2D eigenvalue weighted by atomic mass is 10.0. The molecule has 0 fully saturated rings. The van der Waals surface area contributed by atoms with Crippen LogP contribution < -0.4 is 10.1 Å². The Balaban J connectivity index is 2.48. The lowest BCUT2D eigenvalue weighted by molar-refractivity contribution is 0.325. The number of nitrogens with one attached hydrogen (secondary N) is 1. The minimum absolute atomic E-state index is 0.773. The summed E-state index contributed by atoms with van der Waals surface area (Å²) in [4.78, 5) is 0. The Morgan fingerprint density at radius 3 is 3.00 bits per heavy atom. The van der Waals surface area contributed by atoms with E-state index in [1.165, 1.54) is 16.7 Å². The van der Waals surface area contributed by atoms with Gasteiger partial charge in [0.1, 0.15) is 12.4 Å². The number of fused-ring (bicyclic) bond motifs is 1. The number of hydrogen-bond acceptors (Lipinski definition) is 2. The third-order valence-electron chi connectivity index (χ3n) is 2.66. The second-order valence-corrected chi connectivity index (χ2v) is 3.51. The van der Waals surface area contributed by atoms with Gasteiger partial charge in [-0.15, -0.1) is 0 Å². The van der Waals surface area contributed by atoms with Crippen LogP contribution in [-0.2, 0) is 6.54 Å². The largest absolute Gasteiger partial charge is 0.492 e. The number of ether oxygens (including phenoxy) is 1. The van der Waals surface area contributed by atoms with Gasteiger partial charge in [-0.2, -0.15) is 0 Å². The van der Waals surface area contributed by atoms with Crippen molar-refractivity contribution in [2.45, 2.75) is 20.4 Å². The summed E-state index contributed by atoms with van der Waals surface area (Å²) in [5.74, 6) is 1.05. The summed E-state index contributed by atoms with van der Waals surface area (Å²) >= 11 is 0. The molecule has 0 saturated heterocycles. The second kappa shape index (κ2) is 3.38. The van der Waals surface area contributed by atoms with Gasteiger partial charge in [0.15, 0.2) is 0 Å². The van der Waals surface area contributed by atoms with Crippen molar-refractivity contribution in [2.75, 3.05) is 13.2 Å². The van der Waals surface area contributed by atoms with Gasteiger partial charge in [0.05, 0.1) is 0 Å². The van der Waals surface area contributed by atoms with E-state index in [1.807, 2.05) is 0 Å². The first-order valence-corrected chi connectivity index (χ1v) is 4.71. The molecule has 1 heterocycles. The van der Waals surface area contributed by atoms with Gasteiger partial charge >= 0.3 is 0 Å². The van der Waals surface area contributed by atoms with Gasteiger partial charge in [0.2, 0.25) is 0 Å². The minimum Gasteiger partial charge on any atom is -0.492 e. The van der Waals surface area contributed by atoms with E-state index in [-0.39, 0.29) is 0 Å². The summed E-state index contributed by atoms with van der Waals surface area (Å²) in [6.07, 6.45) is 0. The van der Waals surface area contributed by atoms with E-state index in [4.69, 9.17) is 4.74 Å². The van der Waals surface area contributed by atoms with Crippen LogP contribution in [0, 0.1) is 13.8 Å². The topological polar surface area (TPSA) is 21.3 Å². The van der Waals surface area contributed by atoms with Crippen LogP contribution in [0.15, 0.2) is 12.1 Å². The molecule has 0 unspecified atom stereocenters. The van der Waals surface area contributed by atoms with Crippen LogP contribution in [0.2, 0.25) is 0 Å². The summed E-state index contributed by atoms with van der Waals surface area (Å²) in [6, 6.07) is 4.20. The van der Waals surface area contributed by atoms with Gasteiger partial charge < -0.3 is 10.1 Å². The molecule has 0 radical (unpaired) electrons. The van der Waals surface area contributed by atoms with E-state index in [9.17, 15) is 0 Å². The molecule has 0 aromatic heterocycles. The van der Waals surface area contributed by atoms with Crippen molar-refractivity contribution in [3.05, 3.63) is 28.8 Å². The smallest absolute Gasteiger partial charge is 0.124 e. The van der Waals surface area contributed by atoms with Crippen LogP contribution in [0.5, 0.6) is 5.75 Å². The molecule has 0 aliphatic carbocycles. The fourth-order valence-corrected chi connectivity index (χ4v) is 1.65. The normalized spacial score (nSPS) is 15.8. The van der Waals surface area contributed by atoms with Crippen LogP contribution >= 0.6 is 0 Å². The molecule has 0 bridgehead atoms. The first kappa shape index (κ1) is 8.57. The molecule has 13 heavy (non-hydrogen) atoms. The maximum Gasteiger partial charge on any atom is 0.124 e. The highest BCUT2D eigenvalue weighted by Crippen LogP contribution is 2.25. The number of hydrogen-bond donors (Lipinski definition) is 1. The Bertz CT molecular complexity index is 320. The number of benzene rings is 1. The second-order valence-electron chi connectivity index (χ2n) is 3.51. The average Bonchev–Trinajstić information content (AvgIpc) is 2.36. The lowest BCUT2D eigenvalue weighted by Crippen LogP contribution is -2.16. The summed E-state index contributed by atoms with van der Waals surface area (Å²) in [5, 5.41) is 3.35. The van der Waals surface area contributed by atoms with E-state index in [0.29, 0.717) is 0 Å². The van der Waals surface area contributed by atoms with Crippen LogP contribution in [0.1, 0.15) is 16.7 Å². The van der Waals surface area contributed by atoms with Crippen molar-refractivity contribution in [3.8, 4) is 5.75 Å². The van der Waals surface area contributed by atoms with E-state index in [0.717, 1.165) is 25.4 Å². The first-order valence-electron chi connectivity index (χ1n) is 4.71. The quantitative estimate of drug-likeness (QED) is 0.652. The third kappa shape index (κ3) is 1.54. The van der Waals surface area contributed by atoms with Gasteiger partial charge in [0, 0.05) is 18.7 Å². The summed E-state index contributed by atoms with van der Waals surface area (Å²) in [6.45, 7) is 6.94. The summed E-state index contributed by atoms with van der Waals surface area (Å²) < 4.78 is 5.62. The van der Waals surface area contributed by atoms with Gasteiger partial charge in [-0.3, -0.25) is 0 Å². The Labute approximate surface area is 78.9 Å². The van der Waals surface area contributed by atoms with Crippen LogP contribution in [0.3, 0.4) is 0 Å². The maximum atomic E-state index is 5.62. The Hall–Kier alpha value is -1.02. The molecule has 1 N–H and O–H groups in total. The molecule has 0 spiro atoms. The van der Waals surface area contributed by atoms with Gasteiger partial charge in [-0.1, -0.05) is 6.07 Å². The fourth-order valence-electron chi connectivity index (χ4n) is 1.65. The number of rotatable bonds is 0. The van der Waals surface area contributed by atoms with Crippen molar-refractivity contribution in [2.24, 2.45) is 0 Å². The highest BCUT2D eigenvalue weighted by molar-refractivity contribution is 5.44. The van der Waals surface area contributed by atoms with Crippen LogP contribution in [0.25, 0.3) is 0 Å². The maximum absolute atomic E-state index is 5.62. The molecule has 0 saturated carbocycles. The molecule has 0 amide bonds. The van der Waals surface area contributed by atoms with Gasteiger partial charge in [-0.25, -0.2) is 0 Å². The summed E-state index contributed by atoms with van der Waals surface area (Å²) in [5.41, 5.74) is 4.01. The molecule has 2 heteroatoms. The predicted octanol–water partition coefficient (Wildman–Crippen LogP) is 1.79. The van der Waals surface area contributed by atoms with E-state index in [1.54, 1.807) is 0 Å². The zero-order valence-corrected chi connectivity index (χ0v) is 8.18. The molecular formula is C11H15NO. The average molecular weight is 177 g/mol. The van der Waals surface area contributed by atoms with Crippen LogP contribution in [-0.4, -0.2) is 13.2 Å². The molecule has 2 nitrogen and oxygen atoms in total. The zero-order chi connectivity index (χ0) is 9.26. The minimum atomic E-state index is 0.773. The lowest BCUT2D eigenvalue weighted by Gasteiger charge is -2.11. The molecule has 1 aromatic carbocycles. The van der Waals surface area contributed by atoms with E-state index >= 15 is 0 Å². The molecule has 70 valence electrons. The molecule has 2 rings (SSSR count). The molecule has 1 aromatic rings. The fraction of sp³-hybridized carbons (Fsp3) is 0.455. The SMILES string of the molecule is Cc1ccc2c(c1C)CNCCO2. The monoisotopic (exact) mass is 177 g/mol. The Morgan fingerprint density at radius 2 is 2.15 bits per heavy atom. The molecule has 1 aliphatic heterocycles. The van der Waals surface area contributed by atoms with Crippen molar-refractivity contribution in [3.63, 3.8) is 0 Å². The molecular weight excluding hydrogens is 162 g/mol. The van der Waals surface area contributed by atoms with Gasteiger partial charge in [-0.05, 0) is 31.0 Å². The Morgan fingerprint density at radius 1 is 1.31 bits per heavy atom. The highest BCUT2D eigenvalue weighted by Gasteiger charge is 2.11. The number of aryl methyl sites for hydroxylation is 1. The van der Waals surface area contributed by atoms with Crippen molar-refractivity contribution in [1.82, 2.24) is 5.32 Å².